The maximum absolute atomic E-state index is 12.8. The fourth-order valence-corrected chi connectivity index (χ4v) is 3.29. The fourth-order valence-electron chi connectivity index (χ4n) is 3.05. The zero-order valence-electron chi connectivity index (χ0n) is 15.0. The number of halogens is 1. The van der Waals surface area contributed by atoms with Crippen LogP contribution in [0.15, 0.2) is 43.1 Å². The average molecular weight is 394 g/mol. The molecule has 9 heteroatoms. The molecule has 1 aliphatic carbocycles. The van der Waals surface area contributed by atoms with Gasteiger partial charge in [0.2, 0.25) is 0 Å². The Morgan fingerprint density at radius 3 is 2.82 bits per heavy atom. The normalized spacial score (nSPS) is 15.5. The SMILES string of the molecule is C[C@@H](NC(=O)c1cc(Cl)cc(C2(C#N)CC2)c1)c1ncnn1-c1cnccn1. The molecule has 1 aromatic carbocycles. The van der Waals surface area contributed by atoms with Crippen LogP contribution in [0.4, 0.5) is 0 Å². The lowest BCUT2D eigenvalue weighted by Gasteiger charge is -2.15. The molecule has 140 valence electrons. The van der Waals surface area contributed by atoms with Crippen LogP contribution in [0.3, 0.4) is 0 Å². The summed E-state index contributed by atoms with van der Waals surface area (Å²) in [6.45, 7) is 1.80. The quantitative estimate of drug-likeness (QED) is 0.713. The van der Waals surface area contributed by atoms with E-state index in [0.29, 0.717) is 22.2 Å². The van der Waals surface area contributed by atoms with Crippen LogP contribution in [0.1, 0.15) is 47.6 Å². The van der Waals surface area contributed by atoms with Crippen LogP contribution in [0, 0.1) is 11.3 Å². The average Bonchev–Trinajstić information content (AvgIpc) is 3.36. The highest BCUT2D eigenvalue weighted by atomic mass is 35.5. The van der Waals surface area contributed by atoms with E-state index in [1.165, 1.54) is 11.0 Å². The lowest BCUT2D eigenvalue weighted by molar-refractivity contribution is 0.0937. The predicted octanol–water partition coefficient (Wildman–Crippen LogP) is 2.76. The van der Waals surface area contributed by atoms with Crippen molar-refractivity contribution in [2.24, 2.45) is 0 Å². The van der Waals surface area contributed by atoms with E-state index < -0.39 is 11.5 Å². The van der Waals surface area contributed by atoms with E-state index in [1.807, 2.05) is 0 Å². The molecule has 8 nitrogen and oxygen atoms in total. The van der Waals surface area contributed by atoms with Gasteiger partial charge in [-0.15, -0.1) is 0 Å². The number of hydrogen-bond donors (Lipinski definition) is 1. The Bertz CT molecular complexity index is 1070. The van der Waals surface area contributed by atoms with E-state index in [4.69, 9.17) is 11.6 Å². The van der Waals surface area contributed by atoms with Gasteiger partial charge in [-0.05, 0) is 43.5 Å². The highest BCUT2D eigenvalue weighted by Gasteiger charge is 2.45. The Kier molecular flexibility index (Phi) is 4.53. The standard InChI is InChI=1S/C19H16ClN7O/c1-12(17-24-11-25-27(17)16-9-22-4-5-23-16)26-18(28)13-6-14(8-15(20)7-13)19(10-21)2-3-19/h4-9,11-12H,2-3H2,1H3,(H,26,28)/t12-/m1/s1. The predicted molar refractivity (Wildman–Crippen MR) is 101 cm³/mol. The molecule has 2 heterocycles. The van der Waals surface area contributed by atoms with E-state index in [1.54, 1.807) is 43.7 Å². The van der Waals surface area contributed by atoms with Crippen molar-refractivity contribution in [1.82, 2.24) is 30.0 Å². The number of aromatic nitrogens is 5. The van der Waals surface area contributed by atoms with Crippen LogP contribution in [0.2, 0.25) is 5.02 Å². The molecule has 0 aliphatic heterocycles. The molecule has 0 unspecified atom stereocenters. The highest BCUT2D eigenvalue weighted by molar-refractivity contribution is 6.31. The topological polar surface area (TPSA) is 109 Å². The molecule has 4 rings (SSSR count). The third-order valence-electron chi connectivity index (χ3n) is 4.75. The smallest absolute Gasteiger partial charge is 0.251 e. The molecule has 1 saturated carbocycles. The summed E-state index contributed by atoms with van der Waals surface area (Å²) < 4.78 is 1.52. The second-order valence-electron chi connectivity index (χ2n) is 6.71. The van der Waals surface area contributed by atoms with Gasteiger partial charge in [0, 0.05) is 23.0 Å². The van der Waals surface area contributed by atoms with Crippen LogP contribution >= 0.6 is 11.6 Å². The molecule has 1 amide bonds. The first kappa shape index (κ1) is 18.1. The summed E-state index contributed by atoms with van der Waals surface area (Å²) in [5, 5.41) is 16.9. The van der Waals surface area contributed by atoms with Gasteiger partial charge in [-0.1, -0.05) is 11.6 Å². The number of nitriles is 1. The zero-order chi connectivity index (χ0) is 19.7. The maximum atomic E-state index is 12.8. The van der Waals surface area contributed by atoms with Crippen LogP contribution in [0.5, 0.6) is 0 Å². The molecular weight excluding hydrogens is 378 g/mol. The molecule has 1 aliphatic rings. The number of rotatable bonds is 5. The van der Waals surface area contributed by atoms with Gasteiger partial charge in [-0.25, -0.2) is 9.97 Å². The van der Waals surface area contributed by atoms with Gasteiger partial charge >= 0.3 is 0 Å². The van der Waals surface area contributed by atoms with E-state index in [2.05, 4.69) is 31.4 Å². The van der Waals surface area contributed by atoms with Gasteiger partial charge in [0.1, 0.15) is 6.33 Å². The number of carbonyl (C=O) groups is 1. The number of nitrogens with one attached hydrogen (secondary N) is 1. The maximum Gasteiger partial charge on any atom is 0.251 e. The first-order valence-corrected chi connectivity index (χ1v) is 9.10. The van der Waals surface area contributed by atoms with E-state index in [-0.39, 0.29) is 5.91 Å². The van der Waals surface area contributed by atoms with Gasteiger partial charge in [-0.2, -0.15) is 15.0 Å². The molecular formula is C19H16ClN7O. The summed E-state index contributed by atoms with van der Waals surface area (Å²) in [6.07, 6.45) is 7.64. The Balaban J connectivity index is 1.57. The van der Waals surface area contributed by atoms with Gasteiger partial charge < -0.3 is 5.32 Å². The van der Waals surface area contributed by atoms with Crippen molar-refractivity contribution < 1.29 is 4.79 Å². The van der Waals surface area contributed by atoms with Crippen molar-refractivity contribution in [3.8, 4) is 11.9 Å². The second kappa shape index (κ2) is 7.02. The molecule has 0 radical (unpaired) electrons. The summed E-state index contributed by atoms with van der Waals surface area (Å²) >= 11 is 6.20. The van der Waals surface area contributed by atoms with Gasteiger partial charge in [-0.3, -0.25) is 9.78 Å². The number of carbonyl (C=O) groups excluding carboxylic acids is 1. The van der Waals surface area contributed by atoms with Crippen LogP contribution in [0.25, 0.3) is 5.82 Å². The molecule has 1 fully saturated rings. The van der Waals surface area contributed by atoms with E-state index in [0.717, 1.165) is 18.4 Å². The summed E-state index contributed by atoms with van der Waals surface area (Å²) in [5.41, 5.74) is 0.669. The Labute approximate surface area is 166 Å². The minimum Gasteiger partial charge on any atom is -0.342 e. The monoisotopic (exact) mass is 393 g/mol. The van der Waals surface area contributed by atoms with Crippen molar-refractivity contribution in [3.63, 3.8) is 0 Å². The van der Waals surface area contributed by atoms with Crippen LogP contribution in [-0.4, -0.2) is 30.6 Å². The first-order valence-electron chi connectivity index (χ1n) is 8.72. The molecule has 3 aromatic rings. The third-order valence-corrected chi connectivity index (χ3v) is 4.97. The molecule has 1 atom stereocenters. The Hall–Kier alpha value is -3.31. The van der Waals surface area contributed by atoms with Crippen molar-refractivity contribution in [2.45, 2.75) is 31.2 Å². The number of amides is 1. The van der Waals surface area contributed by atoms with Gasteiger partial charge in [0.05, 0.1) is 23.7 Å². The third kappa shape index (κ3) is 3.32. The fraction of sp³-hybridized carbons (Fsp3) is 0.263. The van der Waals surface area contributed by atoms with E-state index in [9.17, 15) is 10.1 Å². The zero-order valence-corrected chi connectivity index (χ0v) is 15.8. The summed E-state index contributed by atoms with van der Waals surface area (Å²) in [6, 6.07) is 6.96. The van der Waals surface area contributed by atoms with Gasteiger partial charge in [0.25, 0.3) is 5.91 Å². The number of nitrogens with zero attached hydrogens (tertiary/aromatic N) is 6. The first-order chi connectivity index (χ1) is 13.5. The summed E-state index contributed by atoms with van der Waals surface area (Å²) in [4.78, 5) is 25.3. The Morgan fingerprint density at radius 2 is 2.14 bits per heavy atom. The Morgan fingerprint density at radius 1 is 1.32 bits per heavy atom. The summed E-state index contributed by atoms with van der Waals surface area (Å²) in [5.74, 6) is 0.719. The summed E-state index contributed by atoms with van der Waals surface area (Å²) in [7, 11) is 0. The number of benzene rings is 1. The van der Waals surface area contributed by atoms with Crippen molar-refractivity contribution in [3.05, 3.63) is 65.1 Å². The van der Waals surface area contributed by atoms with Crippen LogP contribution < -0.4 is 5.32 Å². The molecule has 0 saturated heterocycles. The van der Waals surface area contributed by atoms with E-state index >= 15 is 0 Å². The molecule has 0 bridgehead atoms. The van der Waals surface area contributed by atoms with Crippen molar-refractivity contribution in [1.29, 1.82) is 5.26 Å². The highest BCUT2D eigenvalue weighted by Crippen LogP contribution is 2.48. The van der Waals surface area contributed by atoms with Gasteiger partial charge in [0.15, 0.2) is 11.6 Å². The lowest BCUT2D eigenvalue weighted by Crippen LogP contribution is -2.29. The number of hydrogen-bond acceptors (Lipinski definition) is 6. The van der Waals surface area contributed by atoms with Crippen molar-refractivity contribution in [2.75, 3.05) is 0 Å². The second-order valence-corrected chi connectivity index (χ2v) is 7.15. The molecule has 2 aromatic heterocycles. The van der Waals surface area contributed by atoms with Crippen LogP contribution in [-0.2, 0) is 5.41 Å². The molecule has 0 spiro atoms. The molecule has 28 heavy (non-hydrogen) atoms. The largest absolute Gasteiger partial charge is 0.342 e. The molecule has 1 N–H and O–H groups in total. The minimum absolute atomic E-state index is 0.307. The lowest BCUT2D eigenvalue weighted by atomic mass is 9.95. The van der Waals surface area contributed by atoms with Crippen molar-refractivity contribution >= 4 is 17.5 Å². The minimum atomic E-state index is -0.516.